The summed E-state index contributed by atoms with van der Waals surface area (Å²) in [6.45, 7) is 3.35. The highest BCUT2D eigenvalue weighted by molar-refractivity contribution is 14.0. The van der Waals surface area contributed by atoms with E-state index in [1.54, 1.807) is 12.6 Å². The molecule has 2 N–H and O–H groups in total. The van der Waals surface area contributed by atoms with E-state index in [2.05, 4.69) is 46.0 Å². The van der Waals surface area contributed by atoms with E-state index >= 15 is 0 Å². The maximum absolute atomic E-state index is 12.3. The lowest BCUT2D eigenvalue weighted by atomic mass is 10.1. The molecule has 1 unspecified atom stereocenters. The van der Waals surface area contributed by atoms with Gasteiger partial charge in [-0.1, -0.05) is 42.0 Å². The highest BCUT2D eigenvalue weighted by atomic mass is 127. The number of nitrogens with one attached hydrogen (secondary N) is 2. The first kappa shape index (κ1) is 22.7. The van der Waals surface area contributed by atoms with E-state index < -0.39 is 0 Å². The van der Waals surface area contributed by atoms with Gasteiger partial charge in [0.05, 0.1) is 0 Å². The molecule has 1 aromatic carbocycles. The number of allylic oxidation sites excluding steroid dienone is 1. The minimum atomic E-state index is 0. The molecule has 0 radical (unpaired) electrons. The molecule has 0 spiro atoms. The Labute approximate surface area is 186 Å². The monoisotopic (exact) mass is 496 g/mol. The van der Waals surface area contributed by atoms with E-state index in [0.29, 0.717) is 12.3 Å². The maximum atomic E-state index is 12.3. The summed E-state index contributed by atoms with van der Waals surface area (Å²) >= 11 is 0. The number of hydrogen-bond acceptors (Lipinski definition) is 2. The smallest absolute Gasteiger partial charge is 0.223 e. The topological polar surface area (TPSA) is 56.7 Å². The van der Waals surface area contributed by atoms with E-state index in [1.165, 1.54) is 24.8 Å². The van der Waals surface area contributed by atoms with Gasteiger partial charge in [-0.15, -0.1) is 24.0 Å². The second kappa shape index (κ2) is 12.1. The number of nitrogens with zero attached hydrogens (tertiary/aromatic N) is 2. The van der Waals surface area contributed by atoms with E-state index in [4.69, 9.17) is 0 Å². The van der Waals surface area contributed by atoms with E-state index in [0.717, 1.165) is 45.0 Å². The Hall–Kier alpha value is -1.57. The number of amides is 1. The molecular formula is C22H33IN4O. The summed E-state index contributed by atoms with van der Waals surface area (Å²) in [6, 6.07) is 10.4. The summed E-state index contributed by atoms with van der Waals surface area (Å²) in [5, 5.41) is 6.78. The molecule has 1 aromatic rings. The Bertz CT molecular complexity index is 674. The first-order valence-corrected chi connectivity index (χ1v) is 10.2. The van der Waals surface area contributed by atoms with Crippen LogP contribution >= 0.6 is 24.0 Å². The minimum Gasteiger partial charge on any atom is -0.356 e. The molecule has 3 rings (SSSR count). The summed E-state index contributed by atoms with van der Waals surface area (Å²) in [7, 11) is 1.80. The van der Waals surface area contributed by atoms with Crippen molar-refractivity contribution >= 4 is 35.8 Å². The molecule has 6 heteroatoms. The number of aliphatic imine (C=N–C) groups is 1. The number of halogens is 1. The minimum absolute atomic E-state index is 0. The third-order valence-electron chi connectivity index (χ3n) is 5.46. The number of rotatable bonds is 8. The summed E-state index contributed by atoms with van der Waals surface area (Å²) < 4.78 is 0. The molecular weight excluding hydrogens is 463 g/mol. The van der Waals surface area contributed by atoms with Crippen LogP contribution in [-0.2, 0) is 11.2 Å². The Balaban J connectivity index is 0.00000280. The van der Waals surface area contributed by atoms with Gasteiger partial charge in [-0.3, -0.25) is 9.79 Å². The number of benzene rings is 1. The standard InChI is InChI=1S/C22H32N4O.HI/c1-23-22(24-13-11-18-9-5-6-10-18)25-16-20-15-21(27)26(17-20)14-12-19-7-3-2-4-8-19;/h2-4,7-9,20H,5-6,10-17H2,1H3,(H2,23,24,25);1H. The van der Waals surface area contributed by atoms with Gasteiger partial charge in [-0.2, -0.15) is 0 Å². The van der Waals surface area contributed by atoms with Crippen molar-refractivity contribution in [1.82, 2.24) is 15.5 Å². The molecule has 2 aliphatic rings. The van der Waals surface area contributed by atoms with Gasteiger partial charge in [0, 0.05) is 45.6 Å². The number of carbonyl (C=O) groups excluding carboxylic acids is 1. The van der Waals surface area contributed by atoms with E-state index in [-0.39, 0.29) is 29.9 Å². The second-order valence-corrected chi connectivity index (χ2v) is 7.53. The Morgan fingerprint density at radius 3 is 2.75 bits per heavy atom. The van der Waals surface area contributed by atoms with Crippen LogP contribution in [0.4, 0.5) is 0 Å². The largest absolute Gasteiger partial charge is 0.356 e. The number of carbonyl (C=O) groups is 1. The van der Waals surface area contributed by atoms with Crippen molar-refractivity contribution in [3.05, 3.63) is 47.5 Å². The lowest BCUT2D eigenvalue weighted by Gasteiger charge is -2.18. The molecule has 1 atom stereocenters. The molecule has 0 bridgehead atoms. The predicted molar refractivity (Wildman–Crippen MR) is 126 cm³/mol. The second-order valence-electron chi connectivity index (χ2n) is 7.53. The van der Waals surface area contributed by atoms with Crippen molar-refractivity contribution in [1.29, 1.82) is 0 Å². The molecule has 0 aromatic heterocycles. The lowest BCUT2D eigenvalue weighted by Crippen LogP contribution is -2.40. The van der Waals surface area contributed by atoms with Crippen LogP contribution in [0.3, 0.4) is 0 Å². The van der Waals surface area contributed by atoms with Crippen LogP contribution in [0.25, 0.3) is 0 Å². The first-order chi connectivity index (χ1) is 13.2. The van der Waals surface area contributed by atoms with Crippen molar-refractivity contribution < 1.29 is 4.79 Å². The van der Waals surface area contributed by atoms with Crippen LogP contribution in [-0.4, -0.2) is 50.0 Å². The Kier molecular flexibility index (Phi) is 9.81. The molecule has 1 saturated heterocycles. The van der Waals surface area contributed by atoms with Crippen LogP contribution in [0.1, 0.15) is 37.7 Å². The Morgan fingerprint density at radius 1 is 1.21 bits per heavy atom. The van der Waals surface area contributed by atoms with Gasteiger partial charge in [0.15, 0.2) is 5.96 Å². The van der Waals surface area contributed by atoms with Crippen molar-refractivity contribution in [3.8, 4) is 0 Å². The number of guanidine groups is 1. The quantitative estimate of drug-likeness (QED) is 0.251. The highest BCUT2D eigenvalue weighted by Crippen LogP contribution is 2.20. The van der Waals surface area contributed by atoms with Crippen molar-refractivity contribution in [3.63, 3.8) is 0 Å². The molecule has 1 aliphatic carbocycles. The third-order valence-corrected chi connectivity index (χ3v) is 5.46. The summed E-state index contributed by atoms with van der Waals surface area (Å²) in [5.41, 5.74) is 2.85. The lowest BCUT2D eigenvalue weighted by molar-refractivity contribution is -0.127. The van der Waals surface area contributed by atoms with Crippen LogP contribution in [0, 0.1) is 5.92 Å². The van der Waals surface area contributed by atoms with Gasteiger partial charge >= 0.3 is 0 Å². The molecule has 1 fully saturated rings. The van der Waals surface area contributed by atoms with Gasteiger partial charge in [0.1, 0.15) is 0 Å². The van der Waals surface area contributed by atoms with Crippen LogP contribution < -0.4 is 10.6 Å². The van der Waals surface area contributed by atoms with Crippen LogP contribution in [0.15, 0.2) is 47.0 Å². The summed E-state index contributed by atoms with van der Waals surface area (Å²) in [5.74, 6) is 1.46. The Morgan fingerprint density at radius 2 is 2.04 bits per heavy atom. The van der Waals surface area contributed by atoms with Gasteiger partial charge in [-0.05, 0) is 37.7 Å². The zero-order chi connectivity index (χ0) is 18.9. The molecule has 0 saturated carbocycles. The van der Waals surface area contributed by atoms with E-state index in [1.807, 2.05) is 11.0 Å². The fourth-order valence-electron chi connectivity index (χ4n) is 3.88. The summed E-state index contributed by atoms with van der Waals surface area (Å²) in [4.78, 5) is 18.6. The molecule has 1 aliphatic heterocycles. The van der Waals surface area contributed by atoms with Crippen LogP contribution in [0.2, 0.25) is 0 Å². The normalized spacial score (nSPS) is 19.4. The summed E-state index contributed by atoms with van der Waals surface area (Å²) in [6.07, 6.45) is 8.80. The number of likely N-dealkylation sites (tertiary alicyclic amines) is 1. The first-order valence-electron chi connectivity index (χ1n) is 10.2. The van der Waals surface area contributed by atoms with Crippen LogP contribution in [0.5, 0.6) is 0 Å². The van der Waals surface area contributed by atoms with E-state index in [9.17, 15) is 4.79 Å². The zero-order valence-electron chi connectivity index (χ0n) is 16.8. The van der Waals surface area contributed by atoms with Gasteiger partial charge < -0.3 is 15.5 Å². The number of hydrogen-bond donors (Lipinski definition) is 2. The average molecular weight is 496 g/mol. The fraction of sp³-hybridized carbons (Fsp3) is 0.545. The van der Waals surface area contributed by atoms with Gasteiger partial charge in [-0.25, -0.2) is 0 Å². The molecule has 1 amide bonds. The fourth-order valence-corrected chi connectivity index (χ4v) is 3.88. The molecule has 1 heterocycles. The average Bonchev–Trinajstić information content (AvgIpc) is 3.33. The SMILES string of the molecule is CN=C(NCCC1=CCCC1)NCC1CC(=O)N(CCc2ccccc2)C1.I. The van der Waals surface area contributed by atoms with Gasteiger partial charge in [0.25, 0.3) is 0 Å². The highest BCUT2D eigenvalue weighted by Gasteiger charge is 2.29. The zero-order valence-corrected chi connectivity index (χ0v) is 19.2. The van der Waals surface area contributed by atoms with Crippen molar-refractivity contribution in [2.24, 2.45) is 10.9 Å². The molecule has 5 nitrogen and oxygen atoms in total. The van der Waals surface area contributed by atoms with Crippen molar-refractivity contribution in [2.45, 2.75) is 38.5 Å². The molecule has 28 heavy (non-hydrogen) atoms. The van der Waals surface area contributed by atoms with Crippen molar-refractivity contribution in [2.75, 3.05) is 33.2 Å². The molecule has 154 valence electrons. The maximum Gasteiger partial charge on any atom is 0.223 e. The van der Waals surface area contributed by atoms with Gasteiger partial charge in [0.2, 0.25) is 5.91 Å². The predicted octanol–water partition coefficient (Wildman–Crippen LogP) is 3.36. The third kappa shape index (κ3) is 7.11.